The topological polar surface area (TPSA) is 66.4 Å². The van der Waals surface area contributed by atoms with Crippen LogP contribution in [-0.2, 0) is 9.59 Å². The summed E-state index contributed by atoms with van der Waals surface area (Å²) in [6.45, 7) is 2.20. The summed E-state index contributed by atoms with van der Waals surface area (Å²) in [5.41, 5.74) is 0. The molecule has 1 amide bonds. The van der Waals surface area contributed by atoms with Crippen molar-refractivity contribution in [1.82, 2.24) is 5.32 Å². The van der Waals surface area contributed by atoms with Gasteiger partial charge in [0.25, 0.3) is 0 Å². The van der Waals surface area contributed by atoms with Crippen LogP contribution in [0.2, 0.25) is 0 Å². The highest BCUT2D eigenvalue weighted by atomic mass is 32.1. The van der Waals surface area contributed by atoms with Gasteiger partial charge in [0.05, 0.1) is 0 Å². The van der Waals surface area contributed by atoms with Crippen LogP contribution in [0, 0.1) is 0 Å². The molecule has 70 valence electrons. The molecule has 0 heterocycles. The molecule has 2 N–H and O–H groups in total. The van der Waals surface area contributed by atoms with Gasteiger partial charge in [0.2, 0.25) is 5.91 Å². The number of carboxylic acid groups (broad SMARTS) is 1. The summed E-state index contributed by atoms with van der Waals surface area (Å²) in [5.74, 6) is -1.56. The molecule has 0 aromatic rings. The van der Waals surface area contributed by atoms with Crippen LogP contribution in [0.25, 0.3) is 0 Å². The predicted octanol–water partition coefficient (Wildman–Crippen LogP) is -0.196. The van der Waals surface area contributed by atoms with E-state index in [2.05, 4.69) is 30.6 Å². The zero-order chi connectivity index (χ0) is 9.72. The van der Waals surface area contributed by atoms with Gasteiger partial charge in [-0.15, -0.1) is 0 Å². The van der Waals surface area contributed by atoms with E-state index in [0.29, 0.717) is 6.54 Å². The van der Waals surface area contributed by atoms with E-state index < -0.39 is 22.4 Å². The summed E-state index contributed by atoms with van der Waals surface area (Å²) in [5, 5.41) is 8.94. The third-order valence-electron chi connectivity index (χ3n) is 1.17. The molecule has 0 saturated heterocycles. The van der Waals surface area contributed by atoms with Crippen LogP contribution in [0.15, 0.2) is 0 Å². The molecule has 0 aromatic carbocycles. The quantitative estimate of drug-likeness (QED) is 0.485. The molecule has 0 saturated carbocycles. The zero-order valence-corrected chi connectivity index (χ0v) is 8.31. The van der Waals surface area contributed by atoms with E-state index in [0.717, 1.165) is 0 Å². The van der Waals surface area contributed by atoms with E-state index in [1.807, 2.05) is 0 Å². The lowest BCUT2D eigenvalue weighted by atomic mass is 10.3. The molecule has 0 bridgehead atoms. The molecule has 0 aliphatic carbocycles. The van der Waals surface area contributed by atoms with Gasteiger partial charge < -0.3 is 10.4 Å². The van der Waals surface area contributed by atoms with Crippen molar-refractivity contribution in [1.29, 1.82) is 0 Å². The van der Waals surface area contributed by atoms with E-state index in [9.17, 15) is 9.59 Å². The minimum absolute atomic E-state index is 0.414. The first-order valence-corrected chi connectivity index (χ1v) is 4.40. The van der Waals surface area contributed by atoms with Crippen molar-refractivity contribution in [2.45, 2.75) is 17.4 Å². The Morgan fingerprint density at radius 3 is 2.25 bits per heavy atom. The number of nitrogens with one attached hydrogen (secondary N) is 1. The maximum absolute atomic E-state index is 11.0. The molecule has 0 aliphatic rings. The maximum Gasteiger partial charge on any atom is 0.318 e. The van der Waals surface area contributed by atoms with Gasteiger partial charge in [-0.25, -0.2) is 0 Å². The Balaban J connectivity index is 4.09. The number of thiol groups is 2. The van der Waals surface area contributed by atoms with Crippen molar-refractivity contribution in [3.63, 3.8) is 0 Å². The lowest BCUT2D eigenvalue weighted by Gasteiger charge is -2.13. The highest BCUT2D eigenvalue weighted by Crippen LogP contribution is 2.09. The van der Waals surface area contributed by atoms with E-state index in [4.69, 9.17) is 5.11 Å². The molecule has 0 rings (SSSR count). The fraction of sp³-hybridized carbons (Fsp3) is 0.667. The average molecular weight is 209 g/mol. The normalized spacial score (nSPS) is 14.9. The molecule has 6 heteroatoms. The van der Waals surface area contributed by atoms with Gasteiger partial charge in [-0.3, -0.25) is 9.59 Å². The van der Waals surface area contributed by atoms with Crippen molar-refractivity contribution >= 4 is 37.1 Å². The average Bonchev–Trinajstić information content (AvgIpc) is 2.02. The zero-order valence-electron chi connectivity index (χ0n) is 6.52. The minimum Gasteiger partial charge on any atom is -0.480 e. The highest BCUT2D eigenvalue weighted by Gasteiger charge is 2.26. The van der Waals surface area contributed by atoms with Gasteiger partial charge in [0.15, 0.2) is 0 Å². The SMILES string of the molecule is CCNC(=O)C(S)C(S)C(=O)O. The Labute approximate surface area is 81.5 Å². The smallest absolute Gasteiger partial charge is 0.318 e. The summed E-state index contributed by atoms with van der Waals surface area (Å²) >= 11 is 7.54. The van der Waals surface area contributed by atoms with Crippen LogP contribution in [0.1, 0.15) is 6.92 Å². The third kappa shape index (κ3) is 3.36. The maximum atomic E-state index is 11.0. The number of carboxylic acids is 1. The second-order valence-electron chi connectivity index (χ2n) is 2.12. The van der Waals surface area contributed by atoms with Gasteiger partial charge in [-0.2, -0.15) is 25.3 Å². The molecule has 0 aromatic heterocycles. The number of carbonyl (C=O) groups is 2. The van der Waals surface area contributed by atoms with Crippen molar-refractivity contribution < 1.29 is 14.7 Å². The van der Waals surface area contributed by atoms with E-state index in [1.165, 1.54) is 0 Å². The van der Waals surface area contributed by atoms with Gasteiger partial charge in [0.1, 0.15) is 10.5 Å². The molecular formula is C6H11NO3S2. The predicted molar refractivity (Wildman–Crippen MR) is 51.9 cm³/mol. The molecule has 2 unspecified atom stereocenters. The van der Waals surface area contributed by atoms with Crippen LogP contribution in [-0.4, -0.2) is 34.0 Å². The Bertz CT molecular complexity index is 186. The first kappa shape index (κ1) is 11.6. The Morgan fingerprint density at radius 1 is 1.42 bits per heavy atom. The summed E-state index contributed by atoms with van der Waals surface area (Å²) in [7, 11) is 0. The summed E-state index contributed by atoms with van der Waals surface area (Å²) in [6, 6.07) is 0. The number of rotatable bonds is 4. The van der Waals surface area contributed by atoms with Gasteiger partial charge in [-0.1, -0.05) is 0 Å². The Morgan fingerprint density at radius 2 is 1.92 bits per heavy atom. The monoisotopic (exact) mass is 209 g/mol. The van der Waals surface area contributed by atoms with Gasteiger partial charge in [-0.05, 0) is 6.92 Å². The fourth-order valence-electron chi connectivity index (χ4n) is 0.557. The Hall–Kier alpha value is -0.360. The molecule has 0 spiro atoms. The summed E-state index contributed by atoms with van der Waals surface area (Å²) in [6.07, 6.45) is 0. The fourth-order valence-corrected chi connectivity index (χ4v) is 0.911. The van der Waals surface area contributed by atoms with Crippen LogP contribution in [0.5, 0.6) is 0 Å². The van der Waals surface area contributed by atoms with Crippen LogP contribution in [0.3, 0.4) is 0 Å². The van der Waals surface area contributed by atoms with E-state index >= 15 is 0 Å². The van der Waals surface area contributed by atoms with Crippen molar-refractivity contribution in [3.05, 3.63) is 0 Å². The summed E-state index contributed by atoms with van der Waals surface area (Å²) in [4.78, 5) is 21.3. The van der Waals surface area contributed by atoms with E-state index in [1.54, 1.807) is 6.92 Å². The molecule has 0 radical (unpaired) electrons. The standard InChI is InChI=1S/C6H11NO3S2/c1-2-7-5(8)3(11)4(12)6(9)10/h3-4,11-12H,2H2,1H3,(H,7,8)(H,9,10). The number of hydrogen-bond donors (Lipinski definition) is 4. The Kier molecular flexibility index (Phi) is 5.16. The van der Waals surface area contributed by atoms with Crippen LogP contribution in [0.4, 0.5) is 0 Å². The lowest BCUT2D eigenvalue weighted by Crippen LogP contribution is -2.39. The molecule has 0 aliphatic heterocycles. The highest BCUT2D eigenvalue weighted by molar-refractivity contribution is 7.86. The van der Waals surface area contributed by atoms with Crippen LogP contribution < -0.4 is 5.32 Å². The van der Waals surface area contributed by atoms with Crippen molar-refractivity contribution in [3.8, 4) is 0 Å². The number of carbonyl (C=O) groups excluding carboxylic acids is 1. The number of hydrogen-bond acceptors (Lipinski definition) is 4. The third-order valence-corrected chi connectivity index (χ3v) is 2.46. The molecule has 4 nitrogen and oxygen atoms in total. The van der Waals surface area contributed by atoms with Crippen molar-refractivity contribution in [2.24, 2.45) is 0 Å². The number of aliphatic carboxylic acids is 1. The molecule has 12 heavy (non-hydrogen) atoms. The molecule has 0 fully saturated rings. The van der Waals surface area contributed by atoms with Gasteiger partial charge in [0, 0.05) is 6.54 Å². The minimum atomic E-state index is -1.15. The molecule has 2 atom stereocenters. The van der Waals surface area contributed by atoms with Gasteiger partial charge >= 0.3 is 5.97 Å². The van der Waals surface area contributed by atoms with Crippen LogP contribution >= 0.6 is 25.3 Å². The lowest BCUT2D eigenvalue weighted by molar-refractivity contribution is -0.137. The van der Waals surface area contributed by atoms with Crippen molar-refractivity contribution in [2.75, 3.05) is 6.54 Å². The number of amides is 1. The second-order valence-corrected chi connectivity index (χ2v) is 3.24. The second kappa shape index (κ2) is 5.31. The first-order valence-electron chi connectivity index (χ1n) is 3.37. The largest absolute Gasteiger partial charge is 0.480 e. The molecular weight excluding hydrogens is 198 g/mol. The summed E-state index contributed by atoms with van der Waals surface area (Å²) < 4.78 is 0. The first-order chi connectivity index (χ1) is 5.50. The van der Waals surface area contributed by atoms with E-state index in [-0.39, 0.29) is 0 Å².